The Bertz CT molecular complexity index is 1170. The number of aromatic nitrogens is 2. The summed E-state index contributed by atoms with van der Waals surface area (Å²) in [6, 6.07) is 7.68. The molecule has 1 aliphatic carbocycles. The number of hydrogen-bond donors (Lipinski definition) is 0. The lowest BCUT2D eigenvalue weighted by molar-refractivity contribution is -0.152. The first-order chi connectivity index (χ1) is 14.9. The first-order valence-corrected chi connectivity index (χ1v) is 11.5. The van der Waals surface area contributed by atoms with E-state index in [1.807, 2.05) is 24.3 Å². The van der Waals surface area contributed by atoms with Crippen molar-refractivity contribution in [3.8, 4) is 5.75 Å². The highest BCUT2D eigenvalue weighted by Gasteiger charge is 2.36. The summed E-state index contributed by atoms with van der Waals surface area (Å²) in [7, 11) is 1.63. The smallest absolute Gasteiger partial charge is 0.331 e. The van der Waals surface area contributed by atoms with Crippen LogP contribution in [0.4, 0.5) is 0 Å². The zero-order valence-corrected chi connectivity index (χ0v) is 19.3. The molecule has 0 spiro atoms. The van der Waals surface area contributed by atoms with Gasteiger partial charge in [-0.15, -0.1) is 11.3 Å². The second kappa shape index (κ2) is 8.46. The molecule has 4 rings (SSSR count). The van der Waals surface area contributed by atoms with Crippen LogP contribution in [0.25, 0.3) is 10.2 Å². The molecule has 0 aliphatic heterocycles. The maximum Gasteiger partial charge on any atom is 0.331 e. The Morgan fingerprint density at radius 1 is 1.19 bits per heavy atom. The summed E-state index contributed by atoms with van der Waals surface area (Å²) in [5.74, 6) is 0.903. The van der Waals surface area contributed by atoms with Gasteiger partial charge in [0.15, 0.2) is 0 Å². The van der Waals surface area contributed by atoms with E-state index >= 15 is 0 Å². The second-order valence-electron chi connectivity index (χ2n) is 8.36. The summed E-state index contributed by atoms with van der Waals surface area (Å²) in [5.41, 5.74) is 0.792. The molecule has 0 radical (unpaired) electrons. The number of thiophene rings is 1. The fraction of sp³-hybridized carbons (Fsp3) is 0.458. The van der Waals surface area contributed by atoms with Gasteiger partial charge in [-0.1, -0.05) is 12.1 Å². The summed E-state index contributed by atoms with van der Waals surface area (Å²) < 4.78 is 12.1. The molecule has 3 aromatic rings. The number of carbonyl (C=O) groups is 1. The minimum Gasteiger partial charge on any atom is -0.497 e. The minimum atomic E-state index is -1.17. The lowest BCUT2D eigenvalue weighted by Crippen LogP contribution is -2.46. The van der Waals surface area contributed by atoms with E-state index in [9.17, 15) is 9.59 Å². The Morgan fingerprint density at radius 2 is 1.90 bits per heavy atom. The number of benzene rings is 1. The molecule has 2 aromatic heterocycles. The summed E-state index contributed by atoms with van der Waals surface area (Å²) in [6.07, 6.45) is 4.53. The number of rotatable bonds is 6. The van der Waals surface area contributed by atoms with Crippen molar-refractivity contribution in [2.45, 2.75) is 58.4 Å². The molecule has 1 aromatic carbocycles. The van der Waals surface area contributed by atoms with Crippen LogP contribution in [-0.4, -0.2) is 29.2 Å². The van der Waals surface area contributed by atoms with Crippen LogP contribution in [-0.2, 0) is 34.3 Å². The van der Waals surface area contributed by atoms with Crippen molar-refractivity contribution in [1.29, 1.82) is 0 Å². The molecule has 164 valence electrons. The molecule has 0 fully saturated rings. The fourth-order valence-corrected chi connectivity index (χ4v) is 5.54. The minimum absolute atomic E-state index is 0.147. The van der Waals surface area contributed by atoms with E-state index in [1.165, 1.54) is 4.88 Å². The number of methoxy groups -OCH3 is 1. The molecule has 0 atom stereocenters. The number of hydrogen-bond acceptors (Lipinski definition) is 6. The SMILES string of the molecule is CCOC(=O)C(C)(C)n1c(Cc2ccc(OC)cc2)nc2sc3c(c2c1=O)CCCC3. The highest BCUT2D eigenvalue weighted by Crippen LogP contribution is 2.35. The molecule has 0 saturated carbocycles. The van der Waals surface area contributed by atoms with Gasteiger partial charge in [0.25, 0.3) is 5.56 Å². The lowest BCUT2D eigenvalue weighted by atomic mass is 9.96. The molecule has 0 N–H and O–H groups in total. The zero-order valence-electron chi connectivity index (χ0n) is 18.5. The van der Waals surface area contributed by atoms with Crippen LogP contribution >= 0.6 is 11.3 Å². The Labute approximate surface area is 185 Å². The van der Waals surface area contributed by atoms with Crippen molar-refractivity contribution in [1.82, 2.24) is 9.55 Å². The van der Waals surface area contributed by atoms with Crippen LogP contribution in [0.15, 0.2) is 29.1 Å². The van der Waals surface area contributed by atoms with Gasteiger partial charge in [-0.3, -0.25) is 9.36 Å². The van der Waals surface area contributed by atoms with E-state index in [-0.39, 0.29) is 12.2 Å². The number of esters is 1. The predicted octanol–water partition coefficient (Wildman–Crippen LogP) is 4.23. The molecule has 0 bridgehead atoms. The van der Waals surface area contributed by atoms with Crippen molar-refractivity contribution in [2.75, 3.05) is 13.7 Å². The van der Waals surface area contributed by atoms with Crippen molar-refractivity contribution >= 4 is 27.5 Å². The molecule has 6 nitrogen and oxygen atoms in total. The lowest BCUT2D eigenvalue weighted by Gasteiger charge is -2.28. The molecule has 0 saturated heterocycles. The number of fused-ring (bicyclic) bond motifs is 3. The molecule has 7 heteroatoms. The van der Waals surface area contributed by atoms with Gasteiger partial charge in [-0.25, -0.2) is 9.78 Å². The van der Waals surface area contributed by atoms with Crippen LogP contribution < -0.4 is 10.3 Å². The number of carbonyl (C=O) groups excluding carboxylic acids is 1. The van der Waals surface area contributed by atoms with E-state index in [1.54, 1.807) is 43.8 Å². The van der Waals surface area contributed by atoms with E-state index in [0.717, 1.165) is 47.4 Å². The zero-order chi connectivity index (χ0) is 22.2. The van der Waals surface area contributed by atoms with Gasteiger partial charge in [0.05, 0.1) is 19.1 Å². The molecule has 31 heavy (non-hydrogen) atoms. The first kappa shape index (κ1) is 21.6. The van der Waals surface area contributed by atoms with E-state index < -0.39 is 11.5 Å². The van der Waals surface area contributed by atoms with Gasteiger partial charge >= 0.3 is 5.97 Å². The average Bonchev–Trinajstić information content (AvgIpc) is 3.13. The van der Waals surface area contributed by atoms with Crippen molar-refractivity contribution < 1.29 is 14.3 Å². The van der Waals surface area contributed by atoms with Gasteiger partial charge in [0.1, 0.15) is 21.9 Å². The van der Waals surface area contributed by atoms with Crippen LogP contribution in [0.5, 0.6) is 5.75 Å². The van der Waals surface area contributed by atoms with Gasteiger partial charge in [0, 0.05) is 11.3 Å². The third kappa shape index (κ3) is 3.87. The predicted molar refractivity (Wildman–Crippen MR) is 122 cm³/mol. The Kier molecular flexibility index (Phi) is 5.88. The number of nitrogens with zero attached hydrogens (tertiary/aromatic N) is 2. The first-order valence-electron chi connectivity index (χ1n) is 10.7. The third-order valence-corrected chi connectivity index (χ3v) is 7.10. The second-order valence-corrected chi connectivity index (χ2v) is 9.45. The van der Waals surface area contributed by atoms with Crippen LogP contribution in [0.3, 0.4) is 0 Å². The summed E-state index contributed by atoms with van der Waals surface area (Å²) in [5, 5.41) is 0.676. The van der Waals surface area contributed by atoms with Gasteiger partial charge in [-0.05, 0) is 69.7 Å². The molecular formula is C24H28N2O4S. The number of ether oxygens (including phenoxy) is 2. The monoisotopic (exact) mass is 440 g/mol. The molecule has 2 heterocycles. The van der Waals surface area contributed by atoms with Gasteiger partial charge < -0.3 is 9.47 Å². The highest BCUT2D eigenvalue weighted by atomic mass is 32.1. The Morgan fingerprint density at radius 3 is 2.58 bits per heavy atom. The van der Waals surface area contributed by atoms with Crippen LogP contribution in [0.1, 0.15) is 55.4 Å². The Hall–Kier alpha value is -2.67. The summed E-state index contributed by atoms with van der Waals surface area (Å²) in [6.45, 7) is 5.49. The normalized spacial score (nSPS) is 13.8. The quantitative estimate of drug-likeness (QED) is 0.537. The Balaban J connectivity index is 1.91. The van der Waals surface area contributed by atoms with Crippen molar-refractivity contribution in [2.24, 2.45) is 0 Å². The van der Waals surface area contributed by atoms with Crippen molar-refractivity contribution in [3.05, 3.63) is 56.4 Å². The van der Waals surface area contributed by atoms with Crippen molar-refractivity contribution in [3.63, 3.8) is 0 Å². The molecule has 0 unspecified atom stereocenters. The molecule has 0 amide bonds. The average molecular weight is 441 g/mol. The molecule has 1 aliphatic rings. The maximum atomic E-state index is 13.8. The van der Waals surface area contributed by atoms with E-state index in [4.69, 9.17) is 14.5 Å². The largest absolute Gasteiger partial charge is 0.497 e. The summed E-state index contributed by atoms with van der Waals surface area (Å²) in [4.78, 5) is 33.6. The molecular weight excluding hydrogens is 412 g/mol. The van der Waals surface area contributed by atoms with Crippen LogP contribution in [0, 0.1) is 0 Å². The fourth-order valence-electron chi connectivity index (χ4n) is 4.27. The third-order valence-electron chi connectivity index (χ3n) is 5.91. The van der Waals surface area contributed by atoms with Crippen LogP contribution in [0.2, 0.25) is 0 Å². The highest BCUT2D eigenvalue weighted by molar-refractivity contribution is 7.18. The standard InChI is InChI=1S/C24H28N2O4S/c1-5-30-23(28)24(2,3)26-19(14-15-10-12-16(29-4)13-11-15)25-21-20(22(26)27)17-8-6-7-9-18(17)31-21/h10-13H,5-9,14H2,1-4H3. The number of aryl methyl sites for hydroxylation is 2. The summed E-state index contributed by atoms with van der Waals surface area (Å²) >= 11 is 1.62. The topological polar surface area (TPSA) is 70.4 Å². The van der Waals surface area contributed by atoms with E-state index in [2.05, 4.69) is 0 Å². The van der Waals surface area contributed by atoms with Gasteiger partial charge in [0.2, 0.25) is 0 Å². The van der Waals surface area contributed by atoms with E-state index in [0.29, 0.717) is 17.6 Å². The van der Waals surface area contributed by atoms with Gasteiger partial charge in [-0.2, -0.15) is 0 Å². The maximum absolute atomic E-state index is 13.8.